The number of aliphatic imine (C=N–C) groups is 1. The Bertz CT molecular complexity index is 929. The van der Waals surface area contributed by atoms with E-state index in [1.807, 2.05) is 4.90 Å². The Labute approximate surface area is 213 Å². The molecule has 1 aliphatic heterocycles. The van der Waals surface area contributed by atoms with E-state index in [0.717, 1.165) is 76.5 Å². The highest BCUT2D eigenvalue weighted by molar-refractivity contribution is 14.0. The number of nitrogens with one attached hydrogen (secondary N) is 2. The maximum Gasteiger partial charge on any atom is 0.222 e. The van der Waals surface area contributed by atoms with Crippen molar-refractivity contribution in [1.29, 1.82) is 0 Å². The number of carbonyl (C=O) groups is 1. The number of likely N-dealkylation sites (tertiary alicyclic amines) is 1. The maximum absolute atomic E-state index is 11.8. The molecule has 1 aliphatic carbocycles. The molecule has 0 radical (unpaired) electrons. The number of nitrogens with zero attached hydrogens (tertiary/aromatic N) is 5. The van der Waals surface area contributed by atoms with E-state index in [2.05, 4.69) is 56.6 Å². The molecule has 1 aromatic carbocycles. The highest BCUT2D eigenvalue weighted by Gasteiger charge is 2.20. The van der Waals surface area contributed by atoms with Gasteiger partial charge in [0.2, 0.25) is 5.91 Å². The van der Waals surface area contributed by atoms with Crippen molar-refractivity contribution in [2.75, 3.05) is 26.2 Å². The normalized spacial score (nSPS) is 18.1. The summed E-state index contributed by atoms with van der Waals surface area (Å²) >= 11 is 0. The Kier molecular flexibility index (Phi) is 9.95. The molecular weight excluding hydrogens is 529 g/mol. The van der Waals surface area contributed by atoms with Gasteiger partial charge in [-0.05, 0) is 43.2 Å². The van der Waals surface area contributed by atoms with E-state index in [1.54, 1.807) is 6.33 Å². The van der Waals surface area contributed by atoms with Crippen LogP contribution in [-0.4, -0.2) is 63.8 Å². The number of rotatable bonds is 9. The number of halogens is 1. The maximum atomic E-state index is 11.8. The van der Waals surface area contributed by atoms with Crippen molar-refractivity contribution in [3.63, 3.8) is 0 Å². The molecular formula is C24H36IN7O. The second kappa shape index (κ2) is 12.9. The molecule has 9 heteroatoms. The van der Waals surface area contributed by atoms with E-state index >= 15 is 0 Å². The van der Waals surface area contributed by atoms with E-state index < -0.39 is 0 Å². The van der Waals surface area contributed by atoms with Crippen LogP contribution in [0.4, 0.5) is 0 Å². The molecule has 1 amide bonds. The van der Waals surface area contributed by atoms with Crippen molar-refractivity contribution in [3.8, 4) is 0 Å². The lowest BCUT2D eigenvalue weighted by Gasteiger charge is -2.27. The van der Waals surface area contributed by atoms with Crippen LogP contribution in [-0.2, 0) is 30.6 Å². The van der Waals surface area contributed by atoms with Crippen molar-refractivity contribution in [1.82, 2.24) is 30.3 Å². The largest absolute Gasteiger partial charge is 0.355 e. The van der Waals surface area contributed by atoms with Gasteiger partial charge in [-0.3, -0.25) is 9.79 Å². The number of aryl methyl sites for hydroxylation is 2. The third-order valence-corrected chi connectivity index (χ3v) is 6.37. The zero-order valence-electron chi connectivity index (χ0n) is 19.5. The highest BCUT2D eigenvalue weighted by Crippen LogP contribution is 2.21. The van der Waals surface area contributed by atoms with Gasteiger partial charge in [-0.25, -0.2) is 0 Å². The molecule has 1 aromatic heterocycles. The fourth-order valence-corrected chi connectivity index (χ4v) is 4.59. The van der Waals surface area contributed by atoms with Gasteiger partial charge in [0.1, 0.15) is 12.2 Å². The van der Waals surface area contributed by atoms with Gasteiger partial charge in [-0.1, -0.05) is 31.2 Å². The fourth-order valence-electron chi connectivity index (χ4n) is 4.59. The topological polar surface area (TPSA) is 87.4 Å². The Balaban J connectivity index is 0.00000306. The van der Waals surface area contributed by atoms with Gasteiger partial charge < -0.3 is 20.1 Å². The Morgan fingerprint density at radius 2 is 2.06 bits per heavy atom. The van der Waals surface area contributed by atoms with Crippen LogP contribution in [0.15, 0.2) is 35.6 Å². The number of aromatic nitrogens is 3. The van der Waals surface area contributed by atoms with Crippen LogP contribution in [0.1, 0.15) is 49.6 Å². The molecule has 4 rings (SSSR count). The second-order valence-corrected chi connectivity index (χ2v) is 8.64. The first-order valence-corrected chi connectivity index (χ1v) is 12.0. The molecule has 2 aliphatic rings. The van der Waals surface area contributed by atoms with Gasteiger partial charge in [0.15, 0.2) is 5.96 Å². The van der Waals surface area contributed by atoms with Gasteiger partial charge in [-0.15, -0.1) is 34.2 Å². The minimum absolute atomic E-state index is 0. The molecule has 0 bridgehead atoms. The lowest BCUT2D eigenvalue weighted by molar-refractivity contribution is -0.127. The zero-order valence-corrected chi connectivity index (χ0v) is 21.8. The van der Waals surface area contributed by atoms with Crippen LogP contribution in [0.5, 0.6) is 0 Å². The van der Waals surface area contributed by atoms with E-state index in [1.165, 1.54) is 11.1 Å². The summed E-state index contributed by atoms with van der Waals surface area (Å²) in [5.41, 5.74) is 2.90. The van der Waals surface area contributed by atoms with Gasteiger partial charge in [-0.2, -0.15) is 0 Å². The van der Waals surface area contributed by atoms with Crippen LogP contribution in [0, 0.1) is 0 Å². The van der Waals surface area contributed by atoms with Gasteiger partial charge in [0, 0.05) is 51.6 Å². The average molecular weight is 566 g/mol. The Morgan fingerprint density at radius 1 is 1.21 bits per heavy atom. The van der Waals surface area contributed by atoms with Crippen LogP contribution in [0.3, 0.4) is 0 Å². The molecule has 1 atom stereocenters. The quantitative estimate of drug-likeness (QED) is 0.211. The first kappa shape index (κ1) is 25.5. The number of carbonyl (C=O) groups excluding carboxylic acids is 1. The van der Waals surface area contributed by atoms with Crippen molar-refractivity contribution < 1.29 is 4.79 Å². The third-order valence-electron chi connectivity index (χ3n) is 6.37. The summed E-state index contributed by atoms with van der Waals surface area (Å²) in [5, 5.41) is 15.3. The van der Waals surface area contributed by atoms with Crippen LogP contribution in [0.2, 0.25) is 0 Å². The van der Waals surface area contributed by atoms with Crippen molar-refractivity contribution >= 4 is 35.8 Å². The standard InChI is InChI=1S/C24H35N7O.HI/c1-2-22-29-27-18-31(22)16-13-26-24(25-12-6-15-30-14-5-9-23(30)32)28-21-11-10-19-7-3-4-8-20(19)17-21;/h3-4,7-8,18,21H,2,5-6,9-17H2,1H3,(H2,25,26,28);1H. The van der Waals surface area contributed by atoms with Crippen LogP contribution < -0.4 is 10.6 Å². The van der Waals surface area contributed by atoms with Crippen LogP contribution in [0.25, 0.3) is 0 Å². The number of hydrogen-bond acceptors (Lipinski definition) is 4. The number of hydrogen-bond donors (Lipinski definition) is 2. The minimum Gasteiger partial charge on any atom is -0.355 e. The molecule has 0 saturated carbocycles. The number of amides is 1. The third kappa shape index (κ3) is 7.15. The highest BCUT2D eigenvalue weighted by atomic mass is 127. The van der Waals surface area contributed by atoms with Crippen LogP contribution >= 0.6 is 24.0 Å². The lowest BCUT2D eigenvalue weighted by Crippen LogP contribution is -2.46. The molecule has 1 saturated heterocycles. The summed E-state index contributed by atoms with van der Waals surface area (Å²) in [6.45, 7) is 6.04. The fraction of sp³-hybridized carbons (Fsp3) is 0.583. The molecule has 180 valence electrons. The molecule has 0 spiro atoms. The SMILES string of the molecule is CCc1nncn1CCNC(=NCCCN1CCCC1=O)NC1CCc2ccccc2C1.I. The average Bonchev–Trinajstić information content (AvgIpc) is 3.44. The summed E-state index contributed by atoms with van der Waals surface area (Å²) in [6, 6.07) is 9.10. The summed E-state index contributed by atoms with van der Waals surface area (Å²) in [6.07, 6.45) is 8.45. The second-order valence-electron chi connectivity index (χ2n) is 8.64. The molecule has 2 heterocycles. The number of benzene rings is 1. The molecule has 1 fully saturated rings. The first-order chi connectivity index (χ1) is 15.7. The monoisotopic (exact) mass is 565 g/mol. The zero-order chi connectivity index (χ0) is 22.2. The number of fused-ring (bicyclic) bond motifs is 1. The summed E-state index contributed by atoms with van der Waals surface area (Å²) in [5.74, 6) is 2.14. The number of guanidine groups is 1. The molecule has 33 heavy (non-hydrogen) atoms. The van der Waals surface area contributed by atoms with E-state index in [9.17, 15) is 4.79 Å². The van der Waals surface area contributed by atoms with Gasteiger partial charge in [0.05, 0.1) is 0 Å². The van der Waals surface area contributed by atoms with Crippen molar-refractivity contribution in [2.45, 2.75) is 64.5 Å². The Hall–Kier alpha value is -2.17. The van der Waals surface area contributed by atoms with Crippen molar-refractivity contribution in [2.24, 2.45) is 4.99 Å². The van der Waals surface area contributed by atoms with Gasteiger partial charge in [0.25, 0.3) is 0 Å². The first-order valence-electron chi connectivity index (χ1n) is 12.0. The lowest BCUT2D eigenvalue weighted by atomic mass is 9.88. The predicted octanol–water partition coefficient (Wildman–Crippen LogP) is 2.56. The smallest absolute Gasteiger partial charge is 0.222 e. The minimum atomic E-state index is 0. The summed E-state index contributed by atoms with van der Waals surface area (Å²) < 4.78 is 2.08. The summed E-state index contributed by atoms with van der Waals surface area (Å²) in [7, 11) is 0. The van der Waals surface area contributed by atoms with E-state index in [0.29, 0.717) is 19.0 Å². The van der Waals surface area contributed by atoms with Gasteiger partial charge >= 0.3 is 0 Å². The van der Waals surface area contributed by atoms with E-state index in [4.69, 9.17) is 4.99 Å². The molecule has 2 aromatic rings. The van der Waals surface area contributed by atoms with Crippen molar-refractivity contribution in [3.05, 3.63) is 47.5 Å². The predicted molar refractivity (Wildman–Crippen MR) is 141 cm³/mol. The van der Waals surface area contributed by atoms with E-state index in [-0.39, 0.29) is 29.9 Å². The molecule has 1 unspecified atom stereocenters. The Morgan fingerprint density at radius 3 is 2.85 bits per heavy atom. The molecule has 2 N–H and O–H groups in total. The summed E-state index contributed by atoms with van der Waals surface area (Å²) in [4.78, 5) is 18.6. The molecule has 8 nitrogen and oxygen atoms in total.